The van der Waals surface area contributed by atoms with Crippen molar-refractivity contribution in [2.45, 2.75) is 18.2 Å². The van der Waals surface area contributed by atoms with Gasteiger partial charge >= 0.3 is 0 Å². The van der Waals surface area contributed by atoms with Gasteiger partial charge in [0, 0.05) is 18.8 Å². The van der Waals surface area contributed by atoms with Crippen molar-refractivity contribution in [1.29, 1.82) is 0 Å². The normalized spacial score (nSPS) is 11.1. The Hall–Kier alpha value is -1.79. The summed E-state index contributed by atoms with van der Waals surface area (Å²) < 4.78 is 26.7. The van der Waals surface area contributed by atoms with Gasteiger partial charge in [-0.05, 0) is 30.7 Å². The highest BCUT2D eigenvalue weighted by atomic mass is 32.2. The first-order chi connectivity index (χ1) is 9.47. The highest BCUT2D eigenvalue weighted by molar-refractivity contribution is 7.91. The van der Waals surface area contributed by atoms with Crippen LogP contribution in [0.4, 0.5) is 0 Å². The molecule has 0 saturated heterocycles. The second kappa shape index (κ2) is 6.11. The van der Waals surface area contributed by atoms with Crippen molar-refractivity contribution in [1.82, 2.24) is 9.71 Å². The number of rotatable bonds is 4. The molecule has 0 radical (unpaired) electrons. The van der Waals surface area contributed by atoms with Crippen LogP contribution in [0.3, 0.4) is 0 Å². The lowest BCUT2D eigenvalue weighted by Crippen LogP contribution is -2.30. The van der Waals surface area contributed by atoms with Crippen LogP contribution < -0.4 is 4.72 Å². The minimum absolute atomic E-state index is 0.205. The van der Waals surface area contributed by atoms with E-state index >= 15 is 0 Å². The molecular weight excluding hydrogens is 292 g/mol. The molecule has 0 saturated carbocycles. The summed E-state index contributed by atoms with van der Waals surface area (Å²) in [5, 5.41) is 0. The van der Waals surface area contributed by atoms with Crippen LogP contribution in [-0.4, -0.2) is 18.4 Å². The number of aryl methyl sites for hydroxylation is 1. The standard InChI is InChI=1S/C14H14N2O2S2/c1-11-4-6-13(7-5-11)20(17,18)16-14(19)9-12-3-2-8-15-10-12/h2-8,10H,9H2,1H3,(H,16,19). The zero-order valence-electron chi connectivity index (χ0n) is 10.9. The van der Waals surface area contributed by atoms with Crippen LogP contribution in [-0.2, 0) is 16.4 Å². The third kappa shape index (κ3) is 3.85. The van der Waals surface area contributed by atoms with E-state index < -0.39 is 10.0 Å². The summed E-state index contributed by atoms with van der Waals surface area (Å²) in [6.45, 7) is 1.90. The average molecular weight is 306 g/mol. The van der Waals surface area contributed by atoms with E-state index in [-0.39, 0.29) is 9.88 Å². The van der Waals surface area contributed by atoms with Crippen molar-refractivity contribution in [2.24, 2.45) is 0 Å². The molecule has 4 nitrogen and oxygen atoms in total. The van der Waals surface area contributed by atoms with Gasteiger partial charge in [-0.1, -0.05) is 36.0 Å². The van der Waals surface area contributed by atoms with E-state index in [2.05, 4.69) is 9.71 Å². The van der Waals surface area contributed by atoms with E-state index in [9.17, 15) is 8.42 Å². The summed E-state index contributed by atoms with van der Waals surface area (Å²) in [5.41, 5.74) is 1.87. The van der Waals surface area contributed by atoms with Gasteiger partial charge in [0.15, 0.2) is 0 Å². The van der Waals surface area contributed by atoms with Gasteiger partial charge in [0.1, 0.15) is 0 Å². The van der Waals surface area contributed by atoms with Gasteiger partial charge < -0.3 is 0 Å². The Morgan fingerprint density at radius 2 is 1.95 bits per heavy atom. The lowest BCUT2D eigenvalue weighted by Gasteiger charge is -2.09. The van der Waals surface area contributed by atoms with Crippen LogP contribution >= 0.6 is 12.2 Å². The van der Waals surface area contributed by atoms with E-state index in [1.54, 1.807) is 42.7 Å². The van der Waals surface area contributed by atoms with Gasteiger partial charge in [-0.25, -0.2) is 8.42 Å². The molecule has 6 heteroatoms. The van der Waals surface area contributed by atoms with Crippen molar-refractivity contribution >= 4 is 27.2 Å². The molecule has 0 atom stereocenters. The number of hydrogen-bond donors (Lipinski definition) is 1. The van der Waals surface area contributed by atoms with Crippen LogP contribution in [0.25, 0.3) is 0 Å². The second-order valence-corrected chi connectivity index (χ2v) is 6.55. The topological polar surface area (TPSA) is 59.1 Å². The Kier molecular flexibility index (Phi) is 4.46. The number of hydrogen-bond acceptors (Lipinski definition) is 4. The average Bonchev–Trinajstić information content (AvgIpc) is 2.39. The summed E-state index contributed by atoms with van der Waals surface area (Å²) in [7, 11) is -3.61. The molecule has 2 rings (SSSR count). The number of pyridine rings is 1. The molecule has 0 aliphatic heterocycles. The number of nitrogens with one attached hydrogen (secondary N) is 1. The van der Waals surface area contributed by atoms with Crippen molar-refractivity contribution in [3.05, 3.63) is 59.9 Å². The lowest BCUT2D eigenvalue weighted by atomic mass is 10.2. The summed E-state index contributed by atoms with van der Waals surface area (Å²) in [5.74, 6) is 0. The molecule has 0 bridgehead atoms. The Morgan fingerprint density at radius 1 is 1.25 bits per heavy atom. The lowest BCUT2D eigenvalue weighted by molar-refractivity contribution is 0.592. The molecule has 0 spiro atoms. The van der Waals surface area contributed by atoms with Crippen molar-refractivity contribution in [3.63, 3.8) is 0 Å². The van der Waals surface area contributed by atoms with Gasteiger partial charge in [0.25, 0.3) is 10.0 Å². The number of thiocarbonyl (C=S) groups is 1. The van der Waals surface area contributed by atoms with E-state index in [0.29, 0.717) is 6.42 Å². The van der Waals surface area contributed by atoms with Crippen LogP contribution in [0.5, 0.6) is 0 Å². The summed E-state index contributed by atoms with van der Waals surface area (Å²) in [6, 6.07) is 10.2. The predicted molar refractivity (Wildman–Crippen MR) is 82.0 cm³/mol. The number of nitrogens with zero attached hydrogens (tertiary/aromatic N) is 1. The maximum Gasteiger partial charge on any atom is 0.262 e. The minimum Gasteiger partial charge on any atom is -0.273 e. The highest BCUT2D eigenvalue weighted by Crippen LogP contribution is 2.10. The quantitative estimate of drug-likeness (QED) is 0.880. The molecule has 20 heavy (non-hydrogen) atoms. The molecule has 0 aliphatic rings. The Balaban J connectivity index is 2.08. The van der Waals surface area contributed by atoms with Gasteiger partial charge in [0.05, 0.1) is 9.88 Å². The molecule has 1 N–H and O–H groups in total. The molecule has 0 aliphatic carbocycles. The smallest absolute Gasteiger partial charge is 0.262 e. The van der Waals surface area contributed by atoms with Gasteiger partial charge in [-0.2, -0.15) is 0 Å². The summed E-state index contributed by atoms with van der Waals surface area (Å²) in [4.78, 5) is 4.42. The molecule has 0 unspecified atom stereocenters. The van der Waals surface area contributed by atoms with E-state index in [4.69, 9.17) is 12.2 Å². The van der Waals surface area contributed by atoms with Crippen LogP contribution in [0.15, 0.2) is 53.7 Å². The highest BCUT2D eigenvalue weighted by Gasteiger charge is 2.15. The van der Waals surface area contributed by atoms with Crippen LogP contribution in [0, 0.1) is 6.92 Å². The fraction of sp³-hybridized carbons (Fsp3) is 0.143. The van der Waals surface area contributed by atoms with Gasteiger partial charge in [-0.3, -0.25) is 9.71 Å². The molecule has 1 heterocycles. The number of aromatic nitrogens is 1. The third-order valence-corrected chi connectivity index (χ3v) is 4.45. The van der Waals surface area contributed by atoms with Gasteiger partial charge in [-0.15, -0.1) is 0 Å². The fourth-order valence-electron chi connectivity index (χ4n) is 1.65. The van der Waals surface area contributed by atoms with Crippen molar-refractivity contribution < 1.29 is 8.42 Å². The summed E-state index contributed by atoms with van der Waals surface area (Å²) >= 11 is 5.09. The van der Waals surface area contributed by atoms with Gasteiger partial charge in [0.2, 0.25) is 0 Å². The third-order valence-electron chi connectivity index (χ3n) is 2.67. The zero-order chi connectivity index (χ0) is 14.6. The minimum atomic E-state index is -3.61. The monoisotopic (exact) mass is 306 g/mol. The molecule has 104 valence electrons. The fourth-order valence-corrected chi connectivity index (χ4v) is 3.13. The van der Waals surface area contributed by atoms with E-state index in [1.165, 1.54) is 0 Å². The second-order valence-electron chi connectivity index (χ2n) is 4.38. The first kappa shape index (κ1) is 14.6. The molecule has 2 aromatic rings. The van der Waals surface area contributed by atoms with Crippen molar-refractivity contribution in [2.75, 3.05) is 0 Å². The van der Waals surface area contributed by atoms with Crippen LogP contribution in [0.1, 0.15) is 11.1 Å². The molecular formula is C14H14N2O2S2. The number of sulfonamides is 1. The first-order valence-electron chi connectivity index (χ1n) is 5.98. The molecule has 0 fully saturated rings. The van der Waals surface area contributed by atoms with E-state index in [1.807, 2.05) is 13.0 Å². The maximum absolute atomic E-state index is 12.1. The number of benzene rings is 1. The Morgan fingerprint density at radius 3 is 2.55 bits per heavy atom. The summed E-state index contributed by atoms with van der Waals surface area (Å²) in [6.07, 6.45) is 3.66. The van der Waals surface area contributed by atoms with Crippen LogP contribution in [0.2, 0.25) is 0 Å². The predicted octanol–water partition coefficient (Wildman–Crippen LogP) is 2.24. The van der Waals surface area contributed by atoms with E-state index in [0.717, 1.165) is 11.1 Å². The Bertz CT molecular complexity index is 696. The Labute approximate surface area is 123 Å². The molecule has 0 amide bonds. The largest absolute Gasteiger partial charge is 0.273 e. The molecule has 1 aromatic carbocycles. The van der Waals surface area contributed by atoms with Crippen molar-refractivity contribution in [3.8, 4) is 0 Å². The molecule has 1 aromatic heterocycles. The SMILES string of the molecule is Cc1ccc(S(=O)(=O)NC(=S)Cc2cccnc2)cc1. The zero-order valence-corrected chi connectivity index (χ0v) is 12.5. The first-order valence-corrected chi connectivity index (χ1v) is 7.88. The maximum atomic E-state index is 12.1.